The van der Waals surface area contributed by atoms with E-state index in [0.717, 1.165) is 23.2 Å². The van der Waals surface area contributed by atoms with Gasteiger partial charge in [-0.2, -0.15) is 0 Å². The van der Waals surface area contributed by atoms with Crippen LogP contribution in [-0.4, -0.2) is 44.5 Å². The third-order valence-electron chi connectivity index (χ3n) is 4.57. The second-order valence-corrected chi connectivity index (χ2v) is 6.49. The molecule has 0 unspecified atom stereocenters. The maximum Gasteiger partial charge on any atom is 0.243 e. The van der Waals surface area contributed by atoms with Gasteiger partial charge in [-0.1, -0.05) is 25.1 Å². The van der Waals surface area contributed by atoms with Crippen LogP contribution in [0.5, 0.6) is 11.5 Å². The molecule has 28 heavy (non-hydrogen) atoms. The minimum Gasteiger partial charge on any atom is -0.497 e. The van der Waals surface area contributed by atoms with Gasteiger partial charge in [0.15, 0.2) is 0 Å². The Balaban J connectivity index is 1.91. The number of hydrogen-bond donors (Lipinski definition) is 1. The first-order valence-corrected chi connectivity index (χ1v) is 9.31. The second-order valence-electron chi connectivity index (χ2n) is 6.49. The lowest BCUT2D eigenvalue weighted by Crippen LogP contribution is -2.35. The minimum absolute atomic E-state index is 0.00608. The first-order valence-electron chi connectivity index (χ1n) is 9.31. The molecule has 6 heteroatoms. The third-order valence-corrected chi connectivity index (χ3v) is 4.57. The quantitative estimate of drug-likeness (QED) is 0.720. The summed E-state index contributed by atoms with van der Waals surface area (Å²) in [6, 6.07) is 13.2. The number of methoxy groups -OCH3 is 2. The van der Waals surface area contributed by atoms with E-state index in [-0.39, 0.29) is 24.8 Å². The Bertz CT molecular complexity index is 820. The summed E-state index contributed by atoms with van der Waals surface area (Å²) in [5.74, 6) is 1.11. The van der Waals surface area contributed by atoms with Crippen LogP contribution in [0.1, 0.15) is 24.5 Å². The van der Waals surface area contributed by atoms with Gasteiger partial charge in [0.05, 0.1) is 20.8 Å². The van der Waals surface area contributed by atoms with Crippen molar-refractivity contribution in [2.45, 2.75) is 26.2 Å². The number of hydrogen-bond acceptors (Lipinski definition) is 4. The predicted octanol–water partition coefficient (Wildman–Crippen LogP) is 3.30. The van der Waals surface area contributed by atoms with Gasteiger partial charge in [0.2, 0.25) is 11.8 Å². The number of ether oxygens (including phenoxy) is 2. The number of benzene rings is 2. The summed E-state index contributed by atoms with van der Waals surface area (Å²) in [5.41, 5.74) is 2.75. The van der Waals surface area contributed by atoms with Gasteiger partial charge >= 0.3 is 0 Å². The van der Waals surface area contributed by atoms with E-state index in [1.165, 1.54) is 4.90 Å². The van der Waals surface area contributed by atoms with Crippen molar-refractivity contribution in [3.05, 3.63) is 53.6 Å². The van der Waals surface area contributed by atoms with Crippen LogP contribution >= 0.6 is 0 Å². The molecule has 0 atom stereocenters. The Hall–Kier alpha value is -3.02. The number of likely N-dealkylation sites (N-methyl/N-ethyl adjacent to an activating group) is 1. The molecule has 0 aliphatic heterocycles. The van der Waals surface area contributed by atoms with Gasteiger partial charge in [-0.05, 0) is 48.2 Å². The van der Waals surface area contributed by atoms with Crippen LogP contribution in [0.25, 0.3) is 0 Å². The van der Waals surface area contributed by atoms with Crippen molar-refractivity contribution in [1.29, 1.82) is 0 Å². The molecular formula is C22H28N2O4. The molecule has 2 rings (SSSR count). The fourth-order valence-corrected chi connectivity index (χ4v) is 2.95. The summed E-state index contributed by atoms with van der Waals surface area (Å²) in [6.45, 7) is 2.04. The Labute approximate surface area is 166 Å². The van der Waals surface area contributed by atoms with Crippen molar-refractivity contribution in [2.24, 2.45) is 0 Å². The average Bonchev–Trinajstić information content (AvgIpc) is 2.71. The number of carbonyl (C=O) groups excluding carboxylic acids is 2. The van der Waals surface area contributed by atoms with Crippen molar-refractivity contribution in [3.63, 3.8) is 0 Å². The number of anilines is 1. The standard InChI is InChI=1S/C22H28N2O4/c1-5-16-8-6-7-9-19(16)23-21(25)15-24(2)22(26)13-10-17-14-18(27-3)11-12-20(17)28-4/h6-9,11-12,14H,5,10,13,15H2,1-4H3,(H,23,25). The van der Waals surface area contributed by atoms with Gasteiger partial charge in [0.25, 0.3) is 0 Å². The highest BCUT2D eigenvalue weighted by Gasteiger charge is 2.15. The molecule has 2 amide bonds. The molecule has 2 aromatic rings. The molecule has 0 aromatic heterocycles. The highest BCUT2D eigenvalue weighted by Crippen LogP contribution is 2.25. The van der Waals surface area contributed by atoms with E-state index in [4.69, 9.17) is 9.47 Å². The molecule has 0 heterocycles. The Morgan fingerprint density at radius 2 is 1.79 bits per heavy atom. The fourth-order valence-electron chi connectivity index (χ4n) is 2.95. The van der Waals surface area contributed by atoms with E-state index >= 15 is 0 Å². The Morgan fingerprint density at radius 3 is 2.46 bits per heavy atom. The summed E-state index contributed by atoms with van der Waals surface area (Å²) >= 11 is 0. The second kappa shape index (κ2) is 10.3. The first-order chi connectivity index (χ1) is 13.5. The predicted molar refractivity (Wildman–Crippen MR) is 110 cm³/mol. The van der Waals surface area contributed by atoms with Gasteiger partial charge in [0, 0.05) is 19.2 Å². The van der Waals surface area contributed by atoms with E-state index in [0.29, 0.717) is 17.9 Å². The monoisotopic (exact) mass is 384 g/mol. The summed E-state index contributed by atoms with van der Waals surface area (Å²) in [6.07, 6.45) is 1.61. The molecule has 0 bridgehead atoms. The lowest BCUT2D eigenvalue weighted by atomic mass is 10.1. The van der Waals surface area contributed by atoms with Crippen molar-refractivity contribution >= 4 is 17.5 Å². The van der Waals surface area contributed by atoms with Gasteiger partial charge in [-0.3, -0.25) is 9.59 Å². The molecule has 2 aromatic carbocycles. The SMILES string of the molecule is CCc1ccccc1NC(=O)CN(C)C(=O)CCc1cc(OC)ccc1OC. The molecular weight excluding hydrogens is 356 g/mol. The number of nitrogens with one attached hydrogen (secondary N) is 1. The zero-order chi connectivity index (χ0) is 20.5. The number of rotatable bonds is 9. The van der Waals surface area contributed by atoms with E-state index in [2.05, 4.69) is 5.32 Å². The topological polar surface area (TPSA) is 67.9 Å². The van der Waals surface area contributed by atoms with Crippen molar-refractivity contribution < 1.29 is 19.1 Å². The maximum absolute atomic E-state index is 12.5. The van der Waals surface area contributed by atoms with Gasteiger partial charge < -0.3 is 19.7 Å². The van der Waals surface area contributed by atoms with Crippen LogP contribution in [0.3, 0.4) is 0 Å². The Morgan fingerprint density at radius 1 is 1.04 bits per heavy atom. The molecule has 0 spiro atoms. The van der Waals surface area contributed by atoms with E-state index in [1.54, 1.807) is 21.3 Å². The summed E-state index contributed by atoms with van der Waals surface area (Å²) in [7, 11) is 4.83. The molecule has 150 valence electrons. The zero-order valence-corrected chi connectivity index (χ0v) is 17.0. The summed E-state index contributed by atoms with van der Waals surface area (Å²) < 4.78 is 10.6. The molecule has 0 fully saturated rings. The maximum atomic E-state index is 12.5. The van der Waals surface area contributed by atoms with Crippen molar-refractivity contribution in [1.82, 2.24) is 4.90 Å². The molecule has 0 saturated heterocycles. The fraction of sp³-hybridized carbons (Fsp3) is 0.364. The number of para-hydroxylation sites is 1. The van der Waals surface area contributed by atoms with Crippen LogP contribution in [0.2, 0.25) is 0 Å². The highest BCUT2D eigenvalue weighted by molar-refractivity contribution is 5.95. The molecule has 0 radical (unpaired) electrons. The van der Waals surface area contributed by atoms with Crippen LogP contribution in [-0.2, 0) is 22.4 Å². The summed E-state index contributed by atoms with van der Waals surface area (Å²) in [5, 5.41) is 2.88. The molecule has 0 aliphatic rings. The zero-order valence-electron chi connectivity index (χ0n) is 17.0. The minimum atomic E-state index is -0.212. The smallest absolute Gasteiger partial charge is 0.243 e. The average molecular weight is 384 g/mol. The van der Waals surface area contributed by atoms with E-state index in [9.17, 15) is 9.59 Å². The molecule has 0 aliphatic carbocycles. The number of amides is 2. The van der Waals surface area contributed by atoms with Crippen LogP contribution in [0.4, 0.5) is 5.69 Å². The van der Waals surface area contributed by atoms with Crippen LogP contribution in [0.15, 0.2) is 42.5 Å². The lowest BCUT2D eigenvalue weighted by Gasteiger charge is -2.18. The first kappa shape index (κ1) is 21.3. The van der Waals surface area contributed by atoms with Gasteiger partial charge in [0.1, 0.15) is 11.5 Å². The number of nitrogens with zero attached hydrogens (tertiary/aromatic N) is 1. The largest absolute Gasteiger partial charge is 0.497 e. The third kappa shape index (κ3) is 5.74. The molecule has 6 nitrogen and oxygen atoms in total. The van der Waals surface area contributed by atoms with Gasteiger partial charge in [-0.15, -0.1) is 0 Å². The normalized spacial score (nSPS) is 10.3. The van der Waals surface area contributed by atoms with E-state index in [1.807, 2.05) is 49.4 Å². The summed E-state index contributed by atoms with van der Waals surface area (Å²) in [4.78, 5) is 26.2. The number of carbonyl (C=O) groups is 2. The molecule has 1 N–H and O–H groups in total. The van der Waals surface area contributed by atoms with E-state index < -0.39 is 0 Å². The molecule has 0 saturated carbocycles. The van der Waals surface area contributed by atoms with Crippen LogP contribution < -0.4 is 14.8 Å². The van der Waals surface area contributed by atoms with Crippen molar-refractivity contribution in [3.8, 4) is 11.5 Å². The van der Waals surface area contributed by atoms with Gasteiger partial charge in [-0.25, -0.2) is 0 Å². The highest BCUT2D eigenvalue weighted by atomic mass is 16.5. The van der Waals surface area contributed by atoms with Crippen molar-refractivity contribution in [2.75, 3.05) is 33.1 Å². The Kier molecular flexibility index (Phi) is 7.87. The lowest BCUT2D eigenvalue weighted by molar-refractivity contribution is -0.133. The number of aryl methyl sites for hydroxylation is 2. The van der Waals surface area contributed by atoms with Crippen LogP contribution in [0, 0.1) is 0 Å².